The summed E-state index contributed by atoms with van der Waals surface area (Å²) in [5, 5.41) is 7.30. The molecule has 0 saturated carbocycles. The van der Waals surface area contributed by atoms with Crippen LogP contribution in [0.3, 0.4) is 0 Å². The Morgan fingerprint density at radius 2 is 1.66 bits per heavy atom. The van der Waals surface area contributed by atoms with Crippen LogP contribution in [0, 0.1) is 0 Å². The fraction of sp³-hybridized carbons (Fsp3) is 0.179. The molecule has 8 nitrogen and oxygen atoms in total. The summed E-state index contributed by atoms with van der Waals surface area (Å²) in [6.07, 6.45) is 0. The summed E-state index contributed by atoms with van der Waals surface area (Å²) in [6, 6.07) is 22.1. The zero-order chi connectivity index (χ0) is 26.6. The minimum Gasteiger partial charge on any atom is -0.369 e. The molecule has 1 fully saturated rings. The van der Waals surface area contributed by atoms with E-state index < -0.39 is 5.91 Å². The lowest BCUT2D eigenvalue weighted by molar-refractivity contribution is 0.100. The van der Waals surface area contributed by atoms with Gasteiger partial charge in [0.1, 0.15) is 9.88 Å². The van der Waals surface area contributed by atoms with Crippen LogP contribution in [0.5, 0.6) is 0 Å². The predicted molar refractivity (Wildman–Crippen MR) is 155 cm³/mol. The number of aromatic nitrogens is 1. The van der Waals surface area contributed by atoms with Crippen molar-refractivity contribution in [1.82, 2.24) is 9.88 Å². The topological polar surface area (TPSA) is 104 Å². The Balaban J connectivity index is 1.33. The van der Waals surface area contributed by atoms with Crippen LogP contribution < -0.4 is 21.3 Å². The summed E-state index contributed by atoms with van der Waals surface area (Å²) in [5.74, 6) is -0.406. The van der Waals surface area contributed by atoms with E-state index in [0.29, 0.717) is 32.0 Å². The number of thiazole rings is 1. The van der Waals surface area contributed by atoms with Crippen LogP contribution >= 0.6 is 22.9 Å². The van der Waals surface area contributed by atoms with Crippen molar-refractivity contribution < 1.29 is 9.59 Å². The van der Waals surface area contributed by atoms with E-state index in [-0.39, 0.29) is 5.91 Å². The van der Waals surface area contributed by atoms with Crippen LogP contribution in [0.15, 0.2) is 72.8 Å². The summed E-state index contributed by atoms with van der Waals surface area (Å²) >= 11 is 7.12. The number of carbonyl (C=O) groups excluding carboxylic acids is 2. The number of carbonyl (C=O) groups is 2. The van der Waals surface area contributed by atoms with Crippen molar-refractivity contribution in [1.29, 1.82) is 0 Å². The van der Waals surface area contributed by atoms with Gasteiger partial charge in [0.25, 0.3) is 11.8 Å². The number of primary amides is 1. The molecule has 0 radical (unpaired) electrons. The summed E-state index contributed by atoms with van der Waals surface area (Å²) in [7, 11) is 2.14. The van der Waals surface area contributed by atoms with Gasteiger partial charge < -0.3 is 26.2 Å². The third kappa shape index (κ3) is 5.96. The van der Waals surface area contributed by atoms with Crippen molar-refractivity contribution in [3.05, 3.63) is 88.3 Å². The SMILES string of the molecule is CN1CCN(c2ccc(Nc3nc(-c4cccc(NC(=O)c5ccc(Cl)cc5)c4)sc3C(N)=O)cc2)CC1. The van der Waals surface area contributed by atoms with Crippen LogP contribution in [0.25, 0.3) is 10.6 Å². The Morgan fingerprint density at radius 3 is 2.34 bits per heavy atom. The maximum atomic E-state index is 12.6. The van der Waals surface area contributed by atoms with Gasteiger partial charge in [-0.2, -0.15) is 0 Å². The number of nitrogens with two attached hydrogens (primary N) is 1. The number of likely N-dealkylation sites (N-methyl/N-ethyl adjacent to an activating group) is 1. The number of hydrogen-bond donors (Lipinski definition) is 3. The Morgan fingerprint density at radius 1 is 0.947 bits per heavy atom. The second-order valence-corrected chi connectivity index (χ2v) is 10.5. The summed E-state index contributed by atoms with van der Waals surface area (Å²) in [5.41, 5.74) is 9.51. The Bertz CT molecular complexity index is 1450. The maximum Gasteiger partial charge on any atom is 0.262 e. The van der Waals surface area contributed by atoms with E-state index in [1.165, 1.54) is 11.3 Å². The number of anilines is 4. The maximum absolute atomic E-state index is 12.6. The number of nitrogens with one attached hydrogen (secondary N) is 2. The number of piperazine rings is 1. The highest BCUT2D eigenvalue weighted by Gasteiger charge is 2.19. The molecule has 4 N–H and O–H groups in total. The fourth-order valence-electron chi connectivity index (χ4n) is 4.19. The van der Waals surface area contributed by atoms with Gasteiger partial charge in [0.15, 0.2) is 5.82 Å². The number of amides is 2. The van der Waals surface area contributed by atoms with Crippen LogP contribution in [0.1, 0.15) is 20.0 Å². The van der Waals surface area contributed by atoms with Gasteiger partial charge in [-0.25, -0.2) is 4.98 Å². The first-order valence-corrected chi connectivity index (χ1v) is 13.3. The zero-order valence-electron chi connectivity index (χ0n) is 20.8. The molecule has 1 aliphatic heterocycles. The standard InChI is InChI=1S/C28H27ClN6O2S/c1-34-13-15-35(16-14-34)23-11-9-21(10-12-23)31-26-24(25(30)36)38-28(33-26)19-3-2-4-22(17-19)32-27(37)18-5-7-20(29)8-6-18/h2-12,17,31H,13-16H2,1H3,(H2,30,36)(H,32,37). The van der Waals surface area contributed by atoms with Gasteiger partial charge in [-0.05, 0) is 67.7 Å². The van der Waals surface area contributed by atoms with Crippen LogP contribution in [0.2, 0.25) is 5.02 Å². The van der Waals surface area contributed by atoms with Crippen molar-refractivity contribution >= 4 is 57.6 Å². The molecular formula is C28H27ClN6O2S. The molecule has 1 aromatic heterocycles. The van der Waals surface area contributed by atoms with Crippen LogP contribution in [-0.4, -0.2) is 54.9 Å². The average Bonchev–Trinajstić information content (AvgIpc) is 3.34. The van der Waals surface area contributed by atoms with E-state index in [9.17, 15) is 9.59 Å². The number of halogens is 1. The molecule has 0 bridgehead atoms. The number of nitrogens with zero attached hydrogens (tertiary/aromatic N) is 3. The molecule has 1 aliphatic rings. The second-order valence-electron chi connectivity index (χ2n) is 9.07. The summed E-state index contributed by atoms with van der Waals surface area (Å²) in [6.45, 7) is 4.05. The molecule has 0 atom stereocenters. The van der Waals surface area contributed by atoms with Gasteiger partial charge >= 0.3 is 0 Å². The molecular weight excluding hydrogens is 520 g/mol. The molecule has 2 amide bonds. The van der Waals surface area contributed by atoms with Crippen LogP contribution in [0.4, 0.5) is 22.9 Å². The third-order valence-corrected chi connectivity index (χ3v) is 7.69. The van der Waals surface area contributed by atoms with E-state index in [4.69, 9.17) is 17.3 Å². The molecule has 0 aliphatic carbocycles. The van der Waals surface area contributed by atoms with E-state index in [1.807, 2.05) is 30.3 Å². The number of rotatable bonds is 7. The monoisotopic (exact) mass is 546 g/mol. The molecule has 0 unspecified atom stereocenters. The van der Waals surface area contributed by atoms with Gasteiger partial charge in [-0.1, -0.05) is 23.7 Å². The largest absolute Gasteiger partial charge is 0.369 e. The number of benzene rings is 3. The fourth-order valence-corrected chi connectivity index (χ4v) is 5.18. The molecule has 38 heavy (non-hydrogen) atoms. The molecule has 10 heteroatoms. The van der Waals surface area contributed by atoms with Gasteiger partial charge in [0.2, 0.25) is 0 Å². The minimum atomic E-state index is -0.558. The van der Waals surface area contributed by atoms with Crippen molar-refractivity contribution in [3.63, 3.8) is 0 Å². The summed E-state index contributed by atoms with van der Waals surface area (Å²) in [4.78, 5) is 34.5. The highest BCUT2D eigenvalue weighted by Crippen LogP contribution is 2.34. The first-order chi connectivity index (χ1) is 18.4. The van der Waals surface area contributed by atoms with Crippen LogP contribution in [-0.2, 0) is 0 Å². The lowest BCUT2D eigenvalue weighted by Gasteiger charge is -2.34. The molecule has 3 aromatic carbocycles. The molecule has 2 heterocycles. The Hall–Kier alpha value is -3.92. The van der Waals surface area contributed by atoms with E-state index >= 15 is 0 Å². The van der Waals surface area contributed by atoms with Gasteiger partial charge in [0, 0.05) is 59.4 Å². The molecule has 4 aromatic rings. The quantitative estimate of drug-likeness (QED) is 0.290. The summed E-state index contributed by atoms with van der Waals surface area (Å²) < 4.78 is 0. The van der Waals surface area contributed by atoms with E-state index in [2.05, 4.69) is 44.6 Å². The van der Waals surface area contributed by atoms with Crippen molar-refractivity contribution in [2.75, 3.05) is 48.8 Å². The number of hydrogen-bond acceptors (Lipinski definition) is 7. The van der Waals surface area contributed by atoms with Crippen molar-refractivity contribution in [3.8, 4) is 10.6 Å². The van der Waals surface area contributed by atoms with Crippen molar-refractivity contribution in [2.45, 2.75) is 0 Å². The van der Waals surface area contributed by atoms with Crippen molar-refractivity contribution in [2.24, 2.45) is 5.73 Å². The third-order valence-electron chi connectivity index (χ3n) is 6.32. The van der Waals surface area contributed by atoms with Gasteiger partial charge in [-0.15, -0.1) is 11.3 Å². The normalized spacial score (nSPS) is 13.8. The molecule has 194 valence electrons. The highest BCUT2D eigenvalue weighted by molar-refractivity contribution is 7.17. The van der Waals surface area contributed by atoms with Gasteiger partial charge in [0.05, 0.1) is 0 Å². The second kappa shape index (κ2) is 11.2. The lowest BCUT2D eigenvalue weighted by atomic mass is 10.2. The smallest absolute Gasteiger partial charge is 0.262 e. The van der Waals surface area contributed by atoms with Gasteiger partial charge in [-0.3, -0.25) is 9.59 Å². The Kier molecular flexibility index (Phi) is 7.59. The first kappa shape index (κ1) is 25.7. The predicted octanol–water partition coefficient (Wildman–Crippen LogP) is 5.31. The van der Waals surface area contributed by atoms with E-state index in [1.54, 1.807) is 30.3 Å². The lowest BCUT2D eigenvalue weighted by Crippen LogP contribution is -2.44. The Labute approximate surface area is 230 Å². The molecule has 5 rings (SSSR count). The zero-order valence-corrected chi connectivity index (χ0v) is 22.4. The first-order valence-electron chi connectivity index (χ1n) is 12.1. The highest BCUT2D eigenvalue weighted by atomic mass is 35.5. The van der Waals surface area contributed by atoms with E-state index in [0.717, 1.165) is 43.1 Å². The molecule has 1 saturated heterocycles. The average molecular weight is 547 g/mol. The molecule has 0 spiro atoms. The minimum absolute atomic E-state index is 0.252.